The maximum Gasteiger partial charge on any atom is 0.329 e. The molecule has 158 valence electrons. The number of hydrazone groups is 1. The van der Waals surface area contributed by atoms with E-state index in [1.54, 1.807) is 49.6 Å². The molecule has 0 aliphatic rings. The molecule has 0 unspecified atom stereocenters. The van der Waals surface area contributed by atoms with Crippen LogP contribution in [0.2, 0.25) is 0 Å². The number of hydrogen-bond acceptors (Lipinski definition) is 5. The van der Waals surface area contributed by atoms with E-state index in [-0.39, 0.29) is 0 Å². The Morgan fingerprint density at radius 3 is 2.45 bits per heavy atom. The summed E-state index contributed by atoms with van der Waals surface area (Å²) in [6, 6.07) is 22.0. The number of anilines is 1. The number of benzene rings is 3. The van der Waals surface area contributed by atoms with Gasteiger partial charge in [-0.1, -0.05) is 42.5 Å². The van der Waals surface area contributed by atoms with Gasteiger partial charge in [0.15, 0.2) is 11.5 Å². The SMILES string of the molecule is COc1cc(/C=N\NC(=O)C(=O)Nc2ccccc2Br)ccc1OCc1ccccc1. The van der Waals surface area contributed by atoms with E-state index in [9.17, 15) is 9.59 Å². The van der Waals surface area contributed by atoms with E-state index in [0.717, 1.165) is 5.56 Å². The molecule has 0 aliphatic heterocycles. The number of para-hydroxylation sites is 1. The molecule has 8 heteroatoms. The number of rotatable bonds is 7. The Bertz CT molecular complexity index is 1090. The molecule has 2 amide bonds. The van der Waals surface area contributed by atoms with Gasteiger partial charge in [-0.05, 0) is 57.4 Å². The van der Waals surface area contributed by atoms with Gasteiger partial charge in [0.25, 0.3) is 0 Å². The summed E-state index contributed by atoms with van der Waals surface area (Å²) in [4.78, 5) is 23.9. The minimum atomic E-state index is -0.887. The van der Waals surface area contributed by atoms with Gasteiger partial charge in [-0.2, -0.15) is 5.10 Å². The van der Waals surface area contributed by atoms with E-state index in [1.807, 2.05) is 30.3 Å². The van der Waals surface area contributed by atoms with Gasteiger partial charge in [0.1, 0.15) is 6.61 Å². The smallest absolute Gasteiger partial charge is 0.329 e. The van der Waals surface area contributed by atoms with E-state index in [1.165, 1.54) is 6.21 Å². The summed E-state index contributed by atoms with van der Waals surface area (Å²) < 4.78 is 11.9. The van der Waals surface area contributed by atoms with Crippen molar-refractivity contribution in [2.75, 3.05) is 12.4 Å². The topological polar surface area (TPSA) is 89.0 Å². The fraction of sp³-hybridized carbons (Fsp3) is 0.0870. The molecule has 0 bridgehead atoms. The van der Waals surface area contributed by atoms with Gasteiger partial charge in [-0.3, -0.25) is 9.59 Å². The van der Waals surface area contributed by atoms with Gasteiger partial charge in [0.05, 0.1) is 19.0 Å². The van der Waals surface area contributed by atoms with Crippen LogP contribution in [-0.2, 0) is 16.2 Å². The molecule has 0 aliphatic carbocycles. The van der Waals surface area contributed by atoms with E-state index in [2.05, 4.69) is 31.8 Å². The van der Waals surface area contributed by atoms with Crippen LogP contribution in [-0.4, -0.2) is 25.1 Å². The zero-order chi connectivity index (χ0) is 22.1. The fourth-order valence-electron chi connectivity index (χ4n) is 2.58. The molecule has 0 fully saturated rings. The minimum absolute atomic E-state index is 0.410. The number of hydrogen-bond donors (Lipinski definition) is 2. The lowest BCUT2D eigenvalue weighted by Gasteiger charge is -2.11. The number of ether oxygens (including phenoxy) is 2. The standard InChI is InChI=1S/C23H20BrN3O4/c1-30-21-13-17(11-12-20(21)31-15-16-7-3-2-4-8-16)14-25-27-23(29)22(28)26-19-10-6-5-9-18(19)24/h2-14H,15H2,1H3,(H,26,28)(H,27,29)/b25-14-. The first-order chi connectivity index (χ1) is 15.1. The van der Waals surface area contributed by atoms with Gasteiger partial charge in [-0.25, -0.2) is 5.43 Å². The predicted octanol–water partition coefficient (Wildman–Crippen LogP) is 4.13. The van der Waals surface area contributed by atoms with Crippen LogP contribution in [0.15, 0.2) is 82.4 Å². The second-order valence-electron chi connectivity index (χ2n) is 6.32. The van der Waals surface area contributed by atoms with Crippen molar-refractivity contribution in [2.24, 2.45) is 5.10 Å². The Balaban J connectivity index is 1.57. The second kappa shape index (κ2) is 10.9. The fourth-order valence-corrected chi connectivity index (χ4v) is 2.96. The van der Waals surface area contributed by atoms with Crippen LogP contribution in [0.1, 0.15) is 11.1 Å². The summed E-state index contributed by atoms with van der Waals surface area (Å²) in [6.07, 6.45) is 1.41. The zero-order valence-electron chi connectivity index (χ0n) is 16.7. The van der Waals surface area contributed by atoms with E-state index in [4.69, 9.17) is 9.47 Å². The number of carbonyl (C=O) groups excluding carboxylic acids is 2. The van der Waals surface area contributed by atoms with Crippen LogP contribution in [0, 0.1) is 0 Å². The highest BCUT2D eigenvalue weighted by Gasteiger charge is 2.14. The maximum absolute atomic E-state index is 12.0. The van der Waals surface area contributed by atoms with Crippen molar-refractivity contribution in [2.45, 2.75) is 6.61 Å². The van der Waals surface area contributed by atoms with Gasteiger partial charge in [0, 0.05) is 4.47 Å². The molecule has 0 radical (unpaired) electrons. The summed E-state index contributed by atoms with van der Waals surface area (Å²) in [6.45, 7) is 0.410. The quantitative estimate of drug-likeness (QED) is 0.301. The predicted molar refractivity (Wildman–Crippen MR) is 122 cm³/mol. The first kappa shape index (κ1) is 22.0. The van der Waals surface area contributed by atoms with Crippen LogP contribution < -0.4 is 20.2 Å². The molecule has 3 aromatic rings. The average molecular weight is 482 g/mol. The average Bonchev–Trinajstić information content (AvgIpc) is 2.80. The Morgan fingerprint density at radius 2 is 1.71 bits per heavy atom. The molecule has 31 heavy (non-hydrogen) atoms. The summed E-state index contributed by atoms with van der Waals surface area (Å²) in [5.74, 6) is -0.605. The summed E-state index contributed by atoms with van der Waals surface area (Å²) in [7, 11) is 1.54. The molecular weight excluding hydrogens is 462 g/mol. The van der Waals surface area contributed by atoms with Crippen LogP contribution in [0.25, 0.3) is 0 Å². The maximum atomic E-state index is 12.0. The molecule has 0 heterocycles. The molecule has 2 N–H and O–H groups in total. The lowest BCUT2D eigenvalue weighted by atomic mass is 10.2. The zero-order valence-corrected chi connectivity index (χ0v) is 18.3. The van der Waals surface area contributed by atoms with Crippen molar-refractivity contribution in [1.82, 2.24) is 5.43 Å². The van der Waals surface area contributed by atoms with Crippen molar-refractivity contribution in [3.63, 3.8) is 0 Å². The van der Waals surface area contributed by atoms with Crippen molar-refractivity contribution < 1.29 is 19.1 Å². The van der Waals surface area contributed by atoms with Gasteiger partial charge >= 0.3 is 11.8 Å². The number of halogens is 1. The third-order valence-electron chi connectivity index (χ3n) is 4.13. The highest BCUT2D eigenvalue weighted by molar-refractivity contribution is 9.10. The molecule has 0 saturated carbocycles. The Morgan fingerprint density at radius 1 is 0.968 bits per heavy atom. The molecule has 0 aromatic heterocycles. The van der Waals surface area contributed by atoms with Crippen LogP contribution >= 0.6 is 15.9 Å². The number of nitrogens with zero attached hydrogens (tertiary/aromatic N) is 1. The van der Waals surface area contributed by atoms with Crippen molar-refractivity contribution in [3.05, 3.63) is 88.4 Å². The van der Waals surface area contributed by atoms with E-state index < -0.39 is 11.8 Å². The molecule has 7 nitrogen and oxygen atoms in total. The third-order valence-corrected chi connectivity index (χ3v) is 4.82. The molecule has 3 rings (SSSR count). The number of amides is 2. The highest BCUT2D eigenvalue weighted by Crippen LogP contribution is 2.28. The number of carbonyl (C=O) groups is 2. The van der Waals surface area contributed by atoms with Crippen LogP contribution in [0.3, 0.4) is 0 Å². The summed E-state index contributed by atoms with van der Waals surface area (Å²) >= 11 is 3.30. The van der Waals surface area contributed by atoms with Crippen LogP contribution in [0.5, 0.6) is 11.5 Å². The van der Waals surface area contributed by atoms with Crippen molar-refractivity contribution >= 4 is 39.6 Å². The largest absolute Gasteiger partial charge is 0.493 e. The van der Waals surface area contributed by atoms with Crippen molar-refractivity contribution in [3.8, 4) is 11.5 Å². The lowest BCUT2D eigenvalue weighted by molar-refractivity contribution is -0.136. The van der Waals surface area contributed by atoms with E-state index in [0.29, 0.717) is 33.8 Å². The number of methoxy groups -OCH3 is 1. The minimum Gasteiger partial charge on any atom is -0.493 e. The molecule has 0 saturated heterocycles. The summed E-state index contributed by atoms with van der Waals surface area (Å²) in [5.41, 5.74) is 4.39. The third kappa shape index (κ3) is 6.42. The first-order valence-electron chi connectivity index (χ1n) is 9.30. The second-order valence-corrected chi connectivity index (χ2v) is 7.17. The Kier molecular flexibility index (Phi) is 7.78. The highest BCUT2D eigenvalue weighted by atomic mass is 79.9. The van der Waals surface area contributed by atoms with Crippen molar-refractivity contribution in [1.29, 1.82) is 0 Å². The molecule has 0 spiro atoms. The van der Waals surface area contributed by atoms with Gasteiger partial charge in [-0.15, -0.1) is 0 Å². The number of nitrogens with one attached hydrogen (secondary N) is 2. The molecule has 3 aromatic carbocycles. The lowest BCUT2D eigenvalue weighted by Crippen LogP contribution is -2.32. The summed E-state index contributed by atoms with van der Waals surface area (Å²) in [5, 5.41) is 6.34. The van der Waals surface area contributed by atoms with Gasteiger partial charge in [0.2, 0.25) is 0 Å². The first-order valence-corrected chi connectivity index (χ1v) is 10.1. The molecule has 0 atom stereocenters. The van der Waals surface area contributed by atoms with Crippen LogP contribution in [0.4, 0.5) is 5.69 Å². The molecular formula is C23H20BrN3O4. The Hall–Kier alpha value is -3.65. The van der Waals surface area contributed by atoms with E-state index >= 15 is 0 Å². The van der Waals surface area contributed by atoms with Gasteiger partial charge < -0.3 is 14.8 Å². The normalized spacial score (nSPS) is 10.5. The monoisotopic (exact) mass is 481 g/mol. The Labute approximate surface area is 188 Å².